The maximum atomic E-state index is 12.9. The molecule has 0 saturated heterocycles. The second-order valence-corrected chi connectivity index (χ2v) is 7.55. The highest BCUT2D eigenvalue weighted by molar-refractivity contribution is 6.09. The van der Waals surface area contributed by atoms with Gasteiger partial charge in [-0.15, -0.1) is 0 Å². The number of amides is 1. The number of carbonyl (C=O) groups is 1. The fraction of sp³-hybridized carbons (Fsp3) is 0.0435. The summed E-state index contributed by atoms with van der Waals surface area (Å²) in [5, 5.41) is 12.4. The number of hydrogen-bond donors (Lipinski definition) is 2. The molecule has 0 aromatic carbocycles. The molecule has 6 heterocycles. The lowest BCUT2D eigenvalue weighted by atomic mass is 10.0. The minimum absolute atomic E-state index is 0.256. The molecule has 0 aliphatic carbocycles. The number of rotatable bonds is 4. The highest BCUT2D eigenvalue weighted by atomic mass is 16.1. The predicted octanol–water partition coefficient (Wildman–Crippen LogP) is 3.32. The van der Waals surface area contributed by atoms with E-state index in [0.29, 0.717) is 16.8 Å². The fourth-order valence-electron chi connectivity index (χ4n) is 3.91. The van der Waals surface area contributed by atoms with E-state index in [1.54, 1.807) is 46.1 Å². The van der Waals surface area contributed by atoms with Gasteiger partial charge in [-0.25, -0.2) is 14.5 Å². The number of nitrogens with zero attached hydrogens (tertiary/aromatic N) is 7. The van der Waals surface area contributed by atoms with Gasteiger partial charge in [-0.3, -0.25) is 14.5 Å². The number of aromatic nitrogens is 8. The number of pyridine rings is 2. The van der Waals surface area contributed by atoms with Crippen molar-refractivity contribution in [2.45, 2.75) is 0 Å². The van der Waals surface area contributed by atoms with Crippen LogP contribution in [0.2, 0.25) is 0 Å². The standard InChI is InChI=1S/C23H17N9O/c1-31-12-15(8-28-31)21-20-17(10-25-22(20)27-13-26-21)14-4-6-32-19(7-14)18(11-29-32)23(33)30-16-3-2-5-24-9-16/h2-13H,1H3,(H,30,33)(H,25,26,27). The molecule has 0 fully saturated rings. The van der Waals surface area contributed by atoms with Gasteiger partial charge in [-0.05, 0) is 29.8 Å². The third-order valence-electron chi connectivity index (χ3n) is 5.44. The van der Waals surface area contributed by atoms with E-state index in [0.717, 1.165) is 33.4 Å². The quantitative estimate of drug-likeness (QED) is 0.438. The zero-order chi connectivity index (χ0) is 22.4. The number of aromatic amines is 1. The van der Waals surface area contributed by atoms with Crippen molar-refractivity contribution < 1.29 is 4.79 Å². The van der Waals surface area contributed by atoms with E-state index in [1.807, 2.05) is 37.8 Å². The average Bonchev–Trinajstić information content (AvgIpc) is 3.57. The molecule has 6 aromatic heterocycles. The molecule has 33 heavy (non-hydrogen) atoms. The fourth-order valence-corrected chi connectivity index (χ4v) is 3.91. The predicted molar refractivity (Wildman–Crippen MR) is 122 cm³/mol. The van der Waals surface area contributed by atoms with Gasteiger partial charge in [0.1, 0.15) is 12.0 Å². The molecule has 10 nitrogen and oxygen atoms in total. The Morgan fingerprint density at radius 1 is 1.09 bits per heavy atom. The molecule has 0 spiro atoms. The van der Waals surface area contributed by atoms with Crippen LogP contribution in [0, 0.1) is 0 Å². The van der Waals surface area contributed by atoms with Crippen molar-refractivity contribution in [3.8, 4) is 22.4 Å². The van der Waals surface area contributed by atoms with Crippen molar-refractivity contribution in [3.05, 3.63) is 79.5 Å². The summed E-state index contributed by atoms with van der Waals surface area (Å²) in [6.07, 6.45) is 13.8. The second-order valence-electron chi connectivity index (χ2n) is 7.55. The van der Waals surface area contributed by atoms with Gasteiger partial charge in [0.2, 0.25) is 0 Å². The normalized spacial score (nSPS) is 11.3. The number of hydrogen-bond acceptors (Lipinski definition) is 6. The first-order chi connectivity index (χ1) is 16.2. The second kappa shape index (κ2) is 7.38. The summed E-state index contributed by atoms with van der Waals surface area (Å²) in [6, 6.07) is 7.44. The Bertz CT molecular complexity index is 1630. The number of fused-ring (bicyclic) bond motifs is 2. The Labute approximate surface area is 187 Å². The van der Waals surface area contributed by atoms with Gasteiger partial charge in [-0.1, -0.05) is 0 Å². The summed E-state index contributed by atoms with van der Waals surface area (Å²) < 4.78 is 3.41. The van der Waals surface area contributed by atoms with Crippen molar-refractivity contribution >= 4 is 28.1 Å². The van der Waals surface area contributed by atoms with Crippen LogP contribution in [0.5, 0.6) is 0 Å². The Balaban J connectivity index is 1.46. The topological polar surface area (TPSA) is 119 Å². The van der Waals surface area contributed by atoms with Crippen LogP contribution in [-0.2, 0) is 7.05 Å². The molecule has 0 saturated carbocycles. The molecular formula is C23H17N9O. The number of aryl methyl sites for hydroxylation is 1. The molecule has 0 unspecified atom stereocenters. The molecule has 0 aliphatic rings. The molecule has 10 heteroatoms. The Kier molecular flexibility index (Phi) is 4.22. The summed E-state index contributed by atoms with van der Waals surface area (Å²) in [7, 11) is 1.87. The highest BCUT2D eigenvalue weighted by Gasteiger charge is 2.18. The first-order valence-corrected chi connectivity index (χ1v) is 10.2. The Morgan fingerprint density at radius 3 is 2.85 bits per heavy atom. The summed E-state index contributed by atoms with van der Waals surface area (Å²) >= 11 is 0. The summed E-state index contributed by atoms with van der Waals surface area (Å²) in [6.45, 7) is 0. The van der Waals surface area contributed by atoms with Gasteiger partial charge in [0, 0.05) is 43.0 Å². The molecule has 6 rings (SSSR count). The van der Waals surface area contributed by atoms with Crippen molar-refractivity contribution in [1.82, 2.24) is 39.3 Å². The van der Waals surface area contributed by atoms with Crippen molar-refractivity contribution in [3.63, 3.8) is 0 Å². The minimum atomic E-state index is -0.256. The zero-order valence-corrected chi connectivity index (χ0v) is 17.5. The van der Waals surface area contributed by atoms with E-state index in [-0.39, 0.29) is 5.91 Å². The highest BCUT2D eigenvalue weighted by Crippen LogP contribution is 2.34. The van der Waals surface area contributed by atoms with Gasteiger partial charge >= 0.3 is 0 Å². The van der Waals surface area contributed by atoms with Crippen molar-refractivity contribution in [1.29, 1.82) is 0 Å². The van der Waals surface area contributed by atoms with Crippen molar-refractivity contribution in [2.24, 2.45) is 7.05 Å². The number of carbonyl (C=O) groups excluding carboxylic acids is 1. The van der Waals surface area contributed by atoms with Gasteiger partial charge in [-0.2, -0.15) is 10.2 Å². The SMILES string of the molecule is Cn1cc(-c2ncnc3[nH]cc(-c4ccn5ncc(C(=O)Nc6cccnc6)c5c4)c23)cn1. The van der Waals surface area contributed by atoms with Crippen LogP contribution in [0.3, 0.4) is 0 Å². The molecular weight excluding hydrogens is 418 g/mol. The van der Waals surface area contributed by atoms with Gasteiger partial charge in [0.15, 0.2) is 0 Å². The lowest BCUT2D eigenvalue weighted by molar-refractivity contribution is 0.102. The molecule has 160 valence electrons. The van der Waals surface area contributed by atoms with E-state index in [4.69, 9.17) is 0 Å². The maximum Gasteiger partial charge on any atom is 0.259 e. The number of nitrogens with one attached hydrogen (secondary N) is 2. The van der Waals surface area contributed by atoms with E-state index >= 15 is 0 Å². The van der Waals surface area contributed by atoms with E-state index in [2.05, 4.69) is 35.5 Å². The van der Waals surface area contributed by atoms with Crippen LogP contribution in [0.4, 0.5) is 5.69 Å². The van der Waals surface area contributed by atoms with Crippen molar-refractivity contribution in [2.75, 3.05) is 5.32 Å². The number of H-pyrrole nitrogens is 1. The molecule has 6 aromatic rings. The average molecular weight is 435 g/mol. The summed E-state index contributed by atoms with van der Waals surface area (Å²) in [4.78, 5) is 29.1. The third-order valence-corrected chi connectivity index (χ3v) is 5.44. The molecule has 0 atom stereocenters. The first-order valence-electron chi connectivity index (χ1n) is 10.2. The van der Waals surface area contributed by atoms with E-state index in [9.17, 15) is 4.79 Å². The maximum absolute atomic E-state index is 12.9. The van der Waals surface area contributed by atoms with Crippen LogP contribution in [0.1, 0.15) is 10.4 Å². The lowest BCUT2D eigenvalue weighted by Crippen LogP contribution is -2.11. The monoisotopic (exact) mass is 435 g/mol. The Hall–Kier alpha value is -4.86. The van der Waals surface area contributed by atoms with Crippen LogP contribution < -0.4 is 5.32 Å². The van der Waals surface area contributed by atoms with Crippen LogP contribution in [-0.4, -0.2) is 45.2 Å². The van der Waals surface area contributed by atoms with E-state index in [1.165, 1.54) is 6.33 Å². The molecule has 0 radical (unpaired) electrons. The summed E-state index contributed by atoms with van der Waals surface area (Å²) in [5.41, 5.74) is 6.00. The van der Waals surface area contributed by atoms with Gasteiger partial charge in [0.25, 0.3) is 5.91 Å². The third kappa shape index (κ3) is 3.21. The minimum Gasteiger partial charge on any atom is -0.345 e. The molecule has 0 aliphatic heterocycles. The van der Waals surface area contributed by atoms with Gasteiger partial charge < -0.3 is 10.3 Å². The first kappa shape index (κ1) is 18.9. The Morgan fingerprint density at radius 2 is 2.03 bits per heavy atom. The van der Waals surface area contributed by atoms with Crippen LogP contribution in [0.15, 0.2) is 74.0 Å². The molecule has 1 amide bonds. The van der Waals surface area contributed by atoms with Crippen LogP contribution in [0.25, 0.3) is 38.9 Å². The van der Waals surface area contributed by atoms with E-state index < -0.39 is 0 Å². The summed E-state index contributed by atoms with van der Waals surface area (Å²) in [5.74, 6) is -0.256. The number of anilines is 1. The molecule has 2 N–H and O–H groups in total. The molecule has 0 bridgehead atoms. The smallest absolute Gasteiger partial charge is 0.259 e. The lowest BCUT2D eigenvalue weighted by Gasteiger charge is -2.06. The van der Waals surface area contributed by atoms with Crippen LogP contribution >= 0.6 is 0 Å². The zero-order valence-electron chi connectivity index (χ0n) is 17.5. The largest absolute Gasteiger partial charge is 0.345 e. The van der Waals surface area contributed by atoms with Gasteiger partial charge in [0.05, 0.1) is 46.4 Å².